The molecule has 4 rings (SSSR count). The molecular weight excluding hydrogens is 450 g/mol. The van der Waals surface area contributed by atoms with Crippen LogP contribution in [0.3, 0.4) is 0 Å². The Morgan fingerprint density at radius 3 is 2.38 bits per heavy atom. The molecule has 32 heavy (non-hydrogen) atoms. The van der Waals surface area contributed by atoms with Gasteiger partial charge < -0.3 is 15.2 Å². The Morgan fingerprint density at radius 2 is 1.69 bits per heavy atom. The number of para-hydroxylation sites is 1. The van der Waals surface area contributed by atoms with Gasteiger partial charge >= 0.3 is 0 Å². The number of carbonyl (C=O) groups is 2. The predicted molar refractivity (Wildman–Crippen MR) is 122 cm³/mol. The van der Waals surface area contributed by atoms with Gasteiger partial charge in [0, 0.05) is 10.7 Å². The minimum atomic E-state index is -1.29. The van der Waals surface area contributed by atoms with E-state index in [0.717, 1.165) is 11.8 Å². The number of halogens is 1. The number of benzene rings is 3. The largest absolute Gasteiger partial charge is 0.545 e. The van der Waals surface area contributed by atoms with Gasteiger partial charge in [-0.3, -0.25) is 14.2 Å². The van der Waals surface area contributed by atoms with E-state index in [-0.39, 0.29) is 22.8 Å². The SMILES string of the molecule is O=C(CSc1nc2ccccc2c(=O)n1-c1ccc(Cl)cc1)Nc1ccc(C(=O)[O-])cc1. The fourth-order valence-corrected chi connectivity index (χ4v) is 3.98. The van der Waals surface area contributed by atoms with Crippen LogP contribution >= 0.6 is 23.4 Å². The molecule has 0 atom stereocenters. The van der Waals surface area contributed by atoms with Crippen LogP contribution in [0.5, 0.6) is 0 Å². The van der Waals surface area contributed by atoms with E-state index in [1.807, 2.05) is 0 Å². The highest BCUT2D eigenvalue weighted by molar-refractivity contribution is 7.99. The maximum atomic E-state index is 13.2. The number of amides is 1. The Bertz CT molecular complexity index is 1370. The van der Waals surface area contributed by atoms with Crippen LogP contribution in [0.15, 0.2) is 82.7 Å². The minimum Gasteiger partial charge on any atom is -0.545 e. The van der Waals surface area contributed by atoms with Crippen molar-refractivity contribution >= 4 is 51.8 Å². The van der Waals surface area contributed by atoms with Crippen molar-refractivity contribution < 1.29 is 14.7 Å². The van der Waals surface area contributed by atoms with Crippen molar-refractivity contribution in [1.82, 2.24) is 9.55 Å². The van der Waals surface area contributed by atoms with Gasteiger partial charge in [-0.2, -0.15) is 0 Å². The van der Waals surface area contributed by atoms with Gasteiger partial charge in [0.1, 0.15) is 0 Å². The molecule has 1 N–H and O–H groups in total. The van der Waals surface area contributed by atoms with Gasteiger partial charge in [0.2, 0.25) is 5.91 Å². The standard InChI is InChI=1S/C23H16ClN3O4S/c24-15-7-11-17(12-8-15)27-21(29)18-3-1-2-4-19(18)26-23(27)32-13-20(28)25-16-9-5-14(6-10-16)22(30)31/h1-12H,13H2,(H,25,28)(H,30,31)/p-1. The van der Waals surface area contributed by atoms with E-state index >= 15 is 0 Å². The zero-order valence-electron chi connectivity index (χ0n) is 16.4. The lowest BCUT2D eigenvalue weighted by Gasteiger charge is -2.13. The summed E-state index contributed by atoms with van der Waals surface area (Å²) in [6.07, 6.45) is 0. The van der Waals surface area contributed by atoms with E-state index in [1.165, 1.54) is 28.8 Å². The molecule has 4 aromatic rings. The Balaban J connectivity index is 1.61. The van der Waals surface area contributed by atoms with Crippen LogP contribution in [0.1, 0.15) is 10.4 Å². The lowest BCUT2D eigenvalue weighted by molar-refractivity contribution is -0.255. The number of aromatic nitrogens is 2. The first-order valence-corrected chi connectivity index (χ1v) is 10.8. The van der Waals surface area contributed by atoms with E-state index in [9.17, 15) is 19.5 Å². The molecule has 1 aromatic heterocycles. The Kier molecular flexibility index (Phi) is 6.25. The topological polar surface area (TPSA) is 104 Å². The summed E-state index contributed by atoms with van der Waals surface area (Å²) in [4.78, 5) is 41.1. The van der Waals surface area contributed by atoms with Gasteiger partial charge in [-0.05, 0) is 54.1 Å². The van der Waals surface area contributed by atoms with Crippen molar-refractivity contribution in [3.8, 4) is 5.69 Å². The zero-order chi connectivity index (χ0) is 22.7. The average molecular weight is 465 g/mol. The van der Waals surface area contributed by atoms with Crippen LogP contribution in [-0.2, 0) is 4.79 Å². The normalized spacial score (nSPS) is 10.8. The number of aromatic carboxylic acids is 1. The van der Waals surface area contributed by atoms with Gasteiger partial charge in [-0.25, -0.2) is 4.98 Å². The van der Waals surface area contributed by atoms with E-state index in [1.54, 1.807) is 48.5 Å². The van der Waals surface area contributed by atoms with Gasteiger partial charge in [0.15, 0.2) is 5.16 Å². The van der Waals surface area contributed by atoms with E-state index < -0.39 is 5.97 Å². The smallest absolute Gasteiger partial charge is 0.266 e. The van der Waals surface area contributed by atoms with Crippen molar-refractivity contribution in [3.63, 3.8) is 0 Å². The number of carbonyl (C=O) groups excluding carboxylic acids is 2. The van der Waals surface area contributed by atoms with E-state index in [2.05, 4.69) is 10.3 Å². The quantitative estimate of drug-likeness (QED) is 0.347. The molecule has 3 aromatic carbocycles. The van der Waals surface area contributed by atoms with E-state index in [0.29, 0.717) is 32.5 Å². The number of anilines is 1. The number of carboxylic acids is 1. The minimum absolute atomic E-state index is 0.0133. The number of hydrogen-bond acceptors (Lipinski definition) is 6. The summed E-state index contributed by atoms with van der Waals surface area (Å²) in [5.74, 6) is -1.64. The van der Waals surface area contributed by atoms with Crippen molar-refractivity contribution in [1.29, 1.82) is 0 Å². The monoisotopic (exact) mass is 464 g/mol. The number of fused-ring (bicyclic) bond motifs is 1. The first kappa shape index (κ1) is 21.6. The van der Waals surface area contributed by atoms with Crippen molar-refractivity contribution in [2.24, 2.45) is 0 Å². The molecule has 0 saturated heterocycles. The number of nitrogens with zero attached hydrogens (tertiary/aromatic N) is 2. The molecule has 0 saturated carbocycles. The summed E-state index contributed by atoms with van der Waals surface area (Å²) in [5, 5.41) is 14.9. The molecule has 0 fully saturated rings. The fraction of sp³-hybridized carbons (Fsp3) is 0.0435. The third-order valence-electron chi connectivity index (χ3n) is 4.57. The number of nitrogens with one attached hydrogen (secondary N) is 1. The Labute approximate surface area is 191 Å². The second kappa shape index (κ2) is 9.25. The number of thioether (sulfide) groups is 1. The summed E-state index contributed by atoms with van der Waals surface area (Å²) in [5.41, 5.74) is 1.33. The molecule has 9 heteroatoms. The highest BCUT2D eigenvalue weighted by atomic mass is 35.5. The molecular formula is C23H15ClN3O4S-. The van der Waals surface area contributed by atoms with Crippen molar-refractivity contribution in [2.75, 3.05) is 11.1 Å². The van der Waals surface area contributed by atoms with Crippen LogP contribution in [0, 0.1) is 0 Å². The van der Waals surface area contributed by atoms with Crippen LogP contribution in [0.25, 0.3) is 16.6 Å². The summed E-state index contributed by atoms with van der Waals surface area (Å²) in [7, 11) is 0. The average Bonchev–Trinajstić information content (AvgIpc) is 2.79. The molecule has 0 radical (unpaired) electrons. The molecule has 160 valence electrons. The van der Waals surface area contributed by atoms with Crippen LogP contribution in [0.4, 0.5) is 5.69 Å². The van der Waals surface area contributed by atoms with Crippen LogP contribution < -0.4 is 16.0 Å². The molecule has 0 spiro atoms. The number of rotatable bonds is 6. The van der Waals surface area contributed by atoms with Gasteiger partial charge in [-0.15, -0.1) is 0 Å². The third-order valence-corrected chi connectivity index (χ3v) is 5.76. The molecule has 1 amide bonds. The Morgan fingerprint density at radius 1 is 1.00 bits per heavy atom. The third kappa shape index (κ3) is 4.66. The lowest BCUT2D eigenvalue weighted by atomic mass is 10.2. The van der Waals surface area contributed by atoms with Crippen molar-refractivity contribution in [2.45, 2.75) is 5.16 Å². The highest BCUT2D eigenvalue weighted by Crippen LogP contribution is 2.22. The lowest BCUT2D eigenvalue weighted by Crippen LogP contribution is -2.23. The van der Waals surface area contributed by atoms with E-state index in [4.69, 9.17) is 11.6 Å². The summed E-state index contributed by atoms with van der Waals surface area (Å²) >= 11 is 7.10. The molecule has 7 nitrogen and oxygen atoms in total. The highest BCUT2D eigenvalue weighted by Gasteiger charge is 2.15. The predicted octanol–water partition coefficient (Wildman–Crippen LogP) is 3.13. The first-order valence-electron chi connectivity index (χ1n) is 9.44. The summed E-state index contributed by atoms with van der Waals surface area (Å²) in [6, 6.07) is 19.4. The van der Waals surface area contributed by atoms with Crippen molar-refractivity contribution in [3.05, 3.63) is 93.7 Å². The summed E-state index contributed by atoms with van der Waals surface area (Å²) in [6.45, 7) is 0. The van der Waals surface area contributed by atoms with Gasteiger partial charge in [0.25, 0.3) is 5.56 Å². The van der Waals surface area contributed by atoms with Crippen LogP contribution in [-0.4, -0.2) is 27.2 Å². The maximum Gasteiger partial charge on any atom is 0.266 e. The molecule has 0 unspecified atom stereocenters. The first-order chi connectivity index (χ1) is 15.4. The molecule has 0 aliphatic heterocycles. The van der Waals surface area contributed by atoms with Gasteiger partial charge in [0.05, 0.1) is 28.3 Å². The molecule has 0 aliphatic carbocycles. The Hall–Kier alpha value is -3.62. The molecule has 0 aliphatic rings. The zero-order valence-corrected chi connectivity index (χ0v) is 18.0. The number of hydrogen-bond donors (Lipinski definition) is 1. The molecule has 1 heterocycles. The summed E-state index contributed by atoms with van der Waals surface area (Å²) < 4.78 is 1.45. The van der Waals surface area contributed by atoms with Crippen LogP contribution in [0.2, 0.25) is 5.02 Å². The molecule has 0 bridgehead atoms. The van der Waals surface area contributed by atoms with Gasteiger partial charge in [-0.1, -0.05) is 47.6 Å². The maximum absolute atomic E-state index is 13.2. The second-order valence-corrected chi connectivity index (χ2v) is 8.11. The number of carboxylic acid groups (broad SMARTS) is 1. The second-order valence-electron chi connectivity index (χ2n) is 6.73. The fourth-order valence-electron chi connectivity index (χ4n) is 3.04.